The molecule has 6 heteroatoms. The van der Waals surface area contributed by atoms with Gasteiger partial charge in [-0.3, -0.25) is 9.78 Å². The maximum Gasteiger partial charge on any atom is 0.346 e. The monoisotopic (exact) mass is 161 g/mol. The van der Waals surface area contributed by atoms with Gasteiger partial charge < -0.3 is 5.84 Å². The van der Waals surface area contributed by atoms with Gasteiger partial charge in [-0.15, -0.1) is 0 Å². The van der Waals surface area contributed by atoms with Crippen LogP contribution in [-0.4, -0.2) is 9.66 Å². The van der Waals surface area contributed by atoms with Crippen LogP contribution in [-0.2, 0) is 0 Å². The Morgan fingerprint density at radius 2 is 2.20 bits per heavy atom. The second-order valence-corrected chi connectivity index (χ2v) is 2.05. The zero-order valence-electron chi connectivity index (χ0n) is 4.80. The summed E-state index contributed by atoms with van der Waals surface area (Å²) >= 11 is 5.30. The Balaban J connectivity index is 3.59. The van der Waals surface area contributed by atoms with Gasteiger partial charge in [-0.2, -0.15) is 0 Å². The number of nitrogen functional groups attached to an aromatic ring is 1. The molecule has 1 heterocycles. The van der Waals surface area contributed by atoms with Gasteiger partial charge in [-0.1, -0.05) is 11.6 Å². The van der Waals surface area contributed by atoms with Crippen molar-refractivity contribution in [1.82, 2.24) is 9.66 Å². The number of aromatic amines is 1. The molecule has 0 aliphatic rings. The van der Waals surface area contributed by atoms with E-state index in [1.165, 1.54) is 0 Å². The molecule has 0 spiro atoms. The van der Waals surface area contributed by atoms with Gasteiger partial charge in [0.15, 0.2) is 0 Å². The molecule has 0 aliphatic carbocycles. The van der Waals surface area contributed by atoms with Crippen LogP contribution in [0, 0.1) is 0 Å². The highest BCUT2D eigenvalue weighted by Gasteiger charge is 1.96. The summed E-state index contributed by atoms with van der Waals surface area (Å²) in [5.74, 6) is 5.04. The molecule has 0 aromatic carbocycles. The zero-order chi connectivity index (χ0) is 7.72. The molecule has 0 fully saturated rings. The smallest absolute Gasteiger partial charge is 0.335 e. The van der Waals surface area contributed by atoms with Crippen LogP contribution in [0.1, 0.15) is 0 Å². The minimum atomic E-state index is -0.686. The predicted molar refractivity (Wildman–Crippen MR) is 36.5 cm³/mol. The number of nitrogens with two attached hydrogens (primary N) is 1. The number of hydrogen-bond acceptors (Lipinski definition) is 3. The average Bonchev–Trinajstić information content (AvgIpc) is 1.84. The molecule has 0 unspecified atom stereocenters. The first kappa shape index (κ1) is 6.88. The number of H-pyrrole nitrogens is 1. The molecule has 1 rings (SSSR count). The topological polar surface area (TPSA) is 80.9 Å². The summed E-state index contributed by atoms with van der Waals surface area (Å²) in [6, 6.07) is 0. The van der Waals surface area contributed by atoms with E-state index < -0.39 is 11.2 Å². The minimum Gasteiger partial charge on any atom is -0.335 e. The molecular weight excluding hydrogens is 158 g/mol. The Labute approximate surface area is 60.0 Å². The van der Waals surface area contributed by atoms with Crippen LogP contribution in [0.15, 0.2) is 15.8 Å². The van der Waals surface area contributed by atoms with Crippen LogP contribution in [0.5, 0.6) is 0 Å². The molecule has 0 amide bonds. The molecule has 0 radical (unpaired) electrons. The van der Waals surface area contributed by atoms with Gasteiger partial charge in [0.25, 0.3) is 5.56 Å². The van der Waals surface area contributed by atoms with E-state index in [1.54, 1.807) is 0 Å². The van der Waals surface area contributed by atoms with E-state index in [1.807, 2.05) is 4.98 Å². The Morgan fingerprint density at radius 1 is 1.60 bits per heavy atom. The molecule has 0 saturated carbocycles. The third-order valence-electron chi connectivity index (χ3n) is 0.924. The second-order valence-electron chi connectivity index (χ2n) is 1.64. The normalized spacial score (nSPS) is 9.70. The molecule has 54 valence electrons. The number of aromatic nitrogens is 2. The summed E-state index contributed by atoms with van der Waals surface area (Å²) in [5, 5.41) is -0.109. The molecule has 1 aromatic heterocycles. The lowest BCUT2D eigenvalue weighted by Crippen LogP contribution is -2.34. The lowest BCUT2D eigenvalue weighted by Gasteiger charge is -1.93. The standard InChI is InChI=1S/C4H4ClN3O2/c5-2-1-8(6)4(10)7-3(2)9/h1H,6H2,(H,7,9,10). The summed E-state index contributed by atoms with van der Waals surface area (Å²) in [4.78, 5) is 23.0. The maximum atomic E-state index is 10.5. The maximum absolute atomic E-state index is 10.5. The Kier molecular flexibility index (Phi) is 1.50. The Hall–Kier alpha value is -1.23. The number of rotatable bonds is 0. The van der Waals surface area contributed by atoms with E-state index in [9.17, 15) is 9.59 Å². The SMILES string of the molecule is Nn1cc(Cl)c(=O)[nH]c1=O. The lowest BCUT2D eigenvalue weighted by atomic mass is 10.6. The van der Waals surface area contributed by atoms with E-state index in [0.29, 0.717) is 4.68 Å². The molecule has 0 aliphatic heterocycles. The van der Waals surface area contributed by atoms with E-state index in [0.717, 1.165) is 6.20 Å². The minimum absolute atomic E-state index is 0.109. The highest BCUT2D eigenvalue weighted by atomic mass is 35.5. The third-order valence-corrected chi connectivity index (χ3v) is 1.19. The summed E-state index contributed by atoms with van der Waals surface area (Å²) < 4.78 is 0.698. The van der Waals surface area contributed by atoms with E-state index >= 15 is 0 Å². The van der Waals surface area contributed by atoms with Crippen LogP contribution in [0.25, 0.3) is 0 Å². The van der Waals surface area contributed by atoms with Gasteiger partial charge in [-0.05, 0) is 0 Å². The van der Waals surface area contributed by atoms with Crippen molar-refractivity contribution in [2.24, 2.45) is 0 Å². The van der Waals surface area contributed by atoms with Gasteiger partial charge in [0, 0.05) is 0 Å². The van der Waals surface area contributed by atoms with Crippen molar-refractivity contribution in [3.8, 4) is 0 Å². The van der Waals surface area contributed by atoms with Crippen molar-refractivity contribution in [2.75, 3.05) is 5.84 Å². The summed E-state index contributed by atoms with van der Waals surface area (Å²) in [6.45, 7) is 0. The quantitative estimate of drug-likeness (QED) is 0.474. The Morgan fingerprint density at radius 3 is 2.70 bits per heavy atom. The lowest BCUT2D eigenvalue weighted by molar-refractivity contribution is 0.857. The van der Waals surface area contributed by atoms with Crippen molar-refractivity contribution in [3.63, 3.8) is 0 Å². The van der Waals surface area contributed by atoms with Gasteiger partial charge >= 0.3 is 5.69 Å². The van der Waals surface area contributed by atoms with Crippen LogP contribution in [0.3, 0.4) is 0 Å². The molecular formula is C4H4ClN3O2. The molecule has 0 atom stereocenters. The fraction of sp³-hybridized carbons (Fsp3) is 0. The number of hydrogen-bond donors (Lipinski definition) is 2. The van der Waals surface area contributed by atoms with Gasteiger partial charge in [-0.25, -0.2) is 9.47 Å². The number of nitrogens with zero attached hydrogens (tertiary/aromatic N) is 1. The number of halogens is 1. The predicted octanol–water partition coefficient (Wildman–Crippen LogP) is -1.10. The van der Waals surface area contributed by atoms with Crippen LogP contribution in [0.4, 0.5) is 0 Å². The second kappa shape index (κ2) is 2.18. The molecule has 0 bridgehead atoms. The molecule has 10 heavy (non-hydrogen) atoms. The Bertz CT molecular complexity index is 321. The fourth-order valence-corrected chi connectivity index (χ4v) is 0.613. The van der Waals surface area contributed by atoms with Crippen molar-refractivity contribution in [2.45, 2.75) is 0 Å². The van der Waals surface area contributed by atoms with Crippen molar-refractivity contribution in [3.05, 3.63) is 32.1 Å². The van der Waals surface area contributed by atoms with E-state index in [4.69, 9.17) is 17.4 Å². The van der Waals surface area contributed by atoms with E-state index in [-0.39, 0.29) is 5.02 Å². The van der Waals surface area contributed by atoms with Crippen LogP contribution >= 0.6 is 11.6 Å². The van der Waals surface area contributed by atoms with E-state index in [2.05, 4.69) is 0 Å². The summed E-state index contributed by atoms with van der Waals surface area (Å²) in [5.41, 5.74) is -1.32. The summed E-state index contributed by atoms with van der Waals surface area (Å²) in [7, 11) is 0. The first-order chi connectivity index (χ1) is 4.61. The average molecular weight is 162 g/mol. The van der Waals surface area contributed by atoms with Crippen molar-refractivity contribution < 1.29 is 0 Å². The summed E-state index contributed by atoms with van der Waals surface area (Å²) in [6.07, 6.45) is 1.04. The van der Waals surface area contributed by atoms with Gasteiger partial charge in [0.2, 0.25) is 0 Å². The fourth-order valence-electron chi connectivity index (χ4n) is 0.461. The van der Waals surface area contributed by atoms with Gasteiger partial charge in [0.05, 0.1) is 6.20 Å². The van der Waals surface area contributed by atoms with Crippen LogP contribution < -0.4 is 17.1 Å². The van der Waals surface area contributed by atoms with Crippen molar-refractivity contribution >= 4 is 11.6 Å². The highest BCUT2D eigenvalue weighted by Crippen LogP contribution is 1.91. The first-order valence-electron chi connectivity index (χ1n) is 2.38. The van der Waals surface area contributed by atoms with Crippen molar-refractivity contribution in [1.29, 1.82) is 0 Å². The highest BCUT2D eigenvalue weighted by molar-refractivity contribution is 6.30. The third kappa shape index (κ3) is 1.03. The molecule has 1 aromatic rings. The molecule has 0 saturated heterocycles. The van der Waals surface area contributed by atoms with Gasteiger partial charge in [0.1, 0.15) is 5.02 Å². The zero-order valence-corrected chi connectivity index (χ0v) is 5.55. The molecule has 5 nitrogen and oxygen atoms in total. The first-order valence-corrected chi connectivity index (χ1v) is 2.75. The number of nitrogens with one attached hydrogen (secondary N) is 1. The van der Waals surface area contributed by atoms with Crippen LogP contribution in [0.2, 0.25) is 5.02 Å². The largest absolute Gasteiger partial charge is 0.346 e. The molecule has 3 N–H and O–H groups in total.